The molecule has 4 unspecified atom stereocenters. The number of hydrogen-bond donors (Lipinski definition) is 1. The lowest BCUT2D eigenvalue weighted by Gasteiger charge is -2.23. The van der Waals surface area contributed by atoms with Gasteiger partial charge in [-0.3, -0.25) is 0 Å². The monoisotopic (exact) mass is 286 g/mol. The Morgan fingerprint density at radius 2 is 2.14 bits per heavy atom. The van der Waals surface area contributed by atoms with Crippen LogP contribution in [0.1, 0.15) is 69.0 Å². The highest BCUT2D eigenvalue weighted by molar-refractivity contribution is 5.30. The zero-order valence-corrected chi connectivity index (χ0v) is 13.5. The molecule has 4 atom stereocenters. The number of nitrogens with one attached hydrogen (secondary N) is 1. The van der Waals surface area contributed by atoms with E-state index < -0.39 is 0 Å². The van der Waals surface area contributed by atoms with Gasteiger partial charge in [-0.1, -0.05) is 13.3 Å². The van der Waals surface area contributed by atoms with E-state index in [9.17, 15) is 0 Å². The zero-order chi connectivity index (χ0) is 14.2. The van der Waals surface area contributed by atoms with Crippen LogP contribution in [0.4, 0.5) is 0 Å². The van der Waals surface area contributed by atoms with Crippen molar-refractivity contribution in [1.29, 1.82) is 0 Å². The number of aryl methyl sites for hydroxylation is 1. The molecule has 1 aromatic heterocycles. The van der Waals surface area contributed by atoms with Crippen LogP contribution >= 0.6 is 0 Å². The molecule has 2 bridgehead atoms. The fourth-order valence-corrected chi connectivity index (χ4v) is 5.26. The molecular formula is C19H30N2. The summed E-state index contributed by atoms with van der Waals surface area (Å²) in [5.74, 6) is 3.09. The van der Waals surface area contributed by atoms with Crippen molar-refractivity contribution >= 4 is 0 Å². The van der Waals surface area contributed by atoms with E-state index in [4.69, 9.17) is 0 Å². The van der Waals surface area contributed by atoms with Crippen LogP contribution in [-0.2, 0) is 13.0 Å². The van der Waals surface area contributed by atoms with Crippen molar-refractivity contribution in [3.63, 3.8) is 0 Å². The first-order valence-corrected chi connectivity index (χ1v) is 9.25. The van der Waals surface area contributed by atoms with Gasteiger partial charge in [0.25, 0.3) is 0 Å². The highest BCUT2D eigenvalue weighted by atomic mass is 15.0. The van der Waals surface area contributed by atoms with Crippen LogP contribution in [0.15, 0.2) is 12.4 Å². The summed E-state index contributed by atoms with van der Waals surface area (Å²) in [6.07, 6.45) is 16.2. The van der Waals surface area contributed by atoms with Crippen LogP contribution in [0, 0.1) is 17.8 Å². The van der Waals surface area contributed by atoms with Gasteiger partial charge in [-0.2, -0.15) is 0 Å². The van der Waals surface area contributed by atoms with E-state index in [1.54, 1.807) is 11.1 Å². The summed E-state index contributed by atoms with van der Waals surface area (Å²) >= 11 is 0. The molecule has 0 aliphatic heterocycles. The van der Waals surface area contributed by atoms with Crippen LogP contribution in [0.5, 0.6) is 0 Å². The molecule has 0 aromatic carbocycles. The second-order valence-electron chi connectivity index (χ2n) is 7.77. The summed E-state index contributed by atoms with van der Waals surface area (Å²) in [7, 11) is 0. The topological polar surface area (TPSA) is 17.0 Å². The summed E-state index contributed by atoms with van der Waals surface area (Å²) in [6.45, 7) is 4.70. The molecule has 116 valence electrons. The summed E-state index contributed by atoms with van der Waals surface area (Å²) in [6, 6.07) is 0.620. The minimum Gasteiger partial charge on any atom is -0.353 e. The predicted molar refractivity (Wildman–Crippen MR) is 87.3 cm³/mol. The van der Waals surface area contributed by atoms with E-state index in [-0.39, 0.29) is 0 Å². The lowest BCUT2D eigenvalue weighted by Crippen LogP contribution is -2.25. The maximum atomic E-state index is 3.75. The molecule has 3 aliphatic rings. The van der Waals surface area contributed by atoms with Gasteiger partial charge in [0.15, 0.2) is 0 Å². The molecule has 4 rings (SSSR count). The van der Waals surface area contributed by atoms with Crippen LogP contribution in [0.3, 0.4) is 0 Å². The van der Waals surface area contributed by atoms with Crippen LogP contribution in [0.25, 0.3) is 0 Å². The smallest absolute Gasteiger partial charge is 0.0338 e. The average Bonchev–Trinajstić information content (AvgIpc) is 3.19. The van der Waals surface area contributed by atoms with E-state index in [1.165, 1.54) is 57.9 Å². The van der Waals surface area contributed by atoms with Crippen molar-refractivity contribution < 1.29 is 0 Å². The fraction of sp³-hybridized carbons (Fsp3) is 0.789. The standard InChI is InChI=1S/C19H30N2/c1-2-8-20-19-5-3-4-16-11-21(13-18(16)19)12-17-10-14-6-7-15(17)9-14/h11,13-15,17,19-20H,2-10,12H2,1H3. The van der Waals surface area contributed by atoms with Crippen molar-refractivity contribution in [3.8, 4) is 0 Å². The Hall–Kier alpha value is -0.760. The fourth-order valence-electron chi connectivity index (χ4n) is 5.26. The molecule has 2 saturated carbocycles. The molecule has 2 heteroatoms. The summed E-state index contributed by atoms with van der Waals surface area (Å²) in [5.41, 5.74) is 3.23. The van der Waals surface area contributed by atoms with Gasteiger partial charge in [0.05, 0.1) is 0 Å². The Labute approximate surface area is 129 Å². The molecule has 1 N–H and O–H groups in total. The van der Waals surface area contributed by atoms with Crippen molar-refractivity contribution in [2.45, 2.75) is 70.9 Å². The van der Waals surface area contributed by atoms with Crippen molar-refractivity contribution in [3.05, 3.63) is 23.5 Å². The predicted octanol–water partition coefficient (Wildman–Crippen LogP) is 4.30. The molecule has 3 aliphatic carbocycles. The van der Waals surface area contributed by atoms with Crippen molar-refractivity contribution in [2.24, 2.45) is 17.8 Å². The second kappa shape index (κ2) is 5.79. The van der Waals surface area contributed by atoms with E-state index in [0.29, 0.717) is 6.04 Å². The Bertz CT molecular complexity index is 490. The molecule has 0 radical (unpaired) electrons. The molecule has 0 amide bonds. The molecule has 0 spiro atoms. The second-order valence-corrected chi connectivity index (χ2v) is 7.77. The quantitative estimate of drug-likeness (QED) is 0.854. The highest BCUT2D eigenvalue weighted by Gasteiger charge is 2.39. The van der Waals surface area contributed by atoms with E-state index >= 15 is 0 Å². The first kappa shape index (κ1) is 13.9. The normalized spacial score (nSPS) is 34.3. The number of hydrogen-bond acceptors (Lipinski definition) is 1. The number of rotatable bonds is 5. The van der Waals surface area contributed by atoms with Crippen LogP contribution in [-0.4, -0.2) is 11.1 Å². The average molecular weight is 286 g/mol. The third-order valence-electron chi connectivity index (χ3n) is 6.28. The van der Waals surface area contributed by atoms with Gasteiger partial charge in [-0.05, 0) is 80.4 Å². The maximum Gasteiger partial charge on any atom is 0.0338 e. The summed E-state index contributed by atoms with van der Waals surface area (Å²) in [5, 5.41) is 3.75. The Balaban J connectivity index is 1.46. The number of nitrogens with zero attached hydrogens (tertiary/aromatic N) is 1. The first-order valence-electron chi connectivity index (χ1n) is 9.25. The molecular weight excluding hydrogens is 256 g/mol. The first-order chi connectivity index (χ1) is 10.3. The lowest BCUT2D eigenvalue weighted by molar-refractivity contribution is 0.296. The van der Waals surface area contributed by atoms with Gasteiger partial charge >= 0.3 is 0 Å². The third-order valence-corrected chi connectivity index (χ3v) is 6.28. The van der Waals surface area contributed by atoms with Gasteiger partial charge < -0.3 is 9.88 Å². The number of aromatic nitrogens is 1. The van der Waals surface area contributed by atoms with Gasteiger partial charge in [-0.15, -0.1) is 0 Å². The highest BCUT2D eigenvalue weighted by Crippen LogP contribution is 2.49. The zero-order valence-electron chi connectivity index (χ0n) is 13.5. The van der Waals surface area contributed by atoms with Crippen LogP contribution in [0.2, 0.25) is 0 Å². The molecule has 2 fully saturated rings. The Morgan fingerprint density at radius 3 is 2.90 bits per heavy atom. The van der Waals surface area contributed by atoms with E-state index in [2.05, 4.69) is 29.2 Å². The van der Waals surface area contributed by atoms with Gasteiger partial charge in [0.1, 0.15) is 0 Å². The van der Waals surface area contributed by atoms with Crippen LogP contribution < -0.4 is 5.32 Å². The molecule has 2 nitrogen and oxygen atoms in total. The maximum absolute atomic E-state index is 3.75. The lowest BCUT2D eigenvalue weighted by atomic mass is 9.89. The van der Waals surface area contributed by atoms with E-state index in [1.807, 2.05) is 0 Å². The Kier molecular flexibility index (Phi) is 3.83. The molecule has 0 saturated heterocycles. The van der Waals surface area contributed by atoms with Gasteiger partial charge in [0.2, 0.25) is 0 Å². The molecule has 1 aromatic rings. The summed E-state index contributed by atoms with van der Waals surface area (Å²) in [4.78, 5) is 0. The van der Waals surface area contributed by atoms with Crippen molar-refractivity contribution in [1.82, 2.24) is 9.88 Å². The summed E-state index contributed by atoms with van der Waals surface area (Å²) < 4.78 is 2.54. The Morgan fingerprint density at radius 1 is 1.19 bits per heavy atom. The molecule has 21 heavy (non-hydrogen) atoms. The van der Waals surface area contributed by atoms with Gasteiger partial charge in [-0.25, -0.2) is 0 Å². The SMILES string of the molecule is CCCNC1CCCc2cn(CC3CC4CCC3C4)cc21. The minimum absolute atomic E-state index is 0.620. The van der Waals surface area contributed by atoms with E-state index in [0.717, 1.165) is 24.3 Å². The molecule has 1 heterocycles. The van der Waals surface area contributed by atoms with Crippen molar-refractivity contribution in [2.75, 3.05) is 6.54 Å². The number of fused-ring (bicyclic) bond motifs is 3. The van der Waals surface area contributed by atoms with Gasteiger partial charge in [0, 0.05) is 25.0 Å². The third kappa shape index (κ3) is 2.67. The minimum atomic E-state index is 0.620. The largest absolute Gasteiger partial charge is 0.353 e.